The molecule has 1 fully saturated rings. The summed E-state index contributed by atoms with van der Waals surface area (Å²) in [4.78, 5) is 7.75. The van der Waals surface area contributed by atoms with Crippen LogP contribution < -0.4 is 5.73 Å². The fourth-order valence-electron chi connectivity index (χ4n) is 2.57. The first kappa shape index (κ1) is 18.1. The summed E-state index contributed by atoms with van der Waals surface area (Å²) in [5.74, 6) is 0.332. The summed E-state index contributed by atoms with van der Waals surface area (Å²) in [5, 5.41) is 14.8. The van der Waals surface area contributed by atoms with E-state index in [0.717, 1.165) is 4.31 Å². The molecule has 3 heterocycles. The fraction of sp³-hybridized carbons (Fsp3) is 0.500. The summed E-state index contributed by atoms with van der Waals surface area (Å²) < 4.78 is 31.9. The molecule has 0 amide bonds. The minimum atomic E-state index is -3.97. The molecular formula is C14H18ClN5O4S. The van der Waals surface area contributed by atoms with Gasteiger partial charge in [0.1, 0.15) is 10.7 Å². The molecule has 136 valence electrons. The van der Waals surface area contributed by atoms with Gasteiger partial charge >= 0.3 is 0 Å². The molecule has 1 atom stereocenters. The van der Waals surface area contributed by atoms with Crippen molar-refractivity contribution >= 4 is 27.4 Å². The lowest BCUT2D eigenvalue weighted by Gasteiger charge is -2.20. The number of anilines is 1. The van der Waals surface area contributed by atoms with E-state index < -0.39 is 15.6 Å². The second-order valence-electron chi connectivity index (χ2n) is 6.27. The van der Waals surface area contributed by atoms with Crippen LogP contribution in [0.25, 0.3) is 0 Å². The molecule has 0 aromatic carbocycles. The molecule has 1 aliphatic rings. The van der Waals surface area contributed by atoms with Gasteiger partial charge in [0.25, 0.3) is 5.89 Å². The van der Waals surface area contributed by atoms with E-state index in [2.05, 4.69) is 15.1 Å². The number of nitrogens with zero attached hydrogens (tertiary/aromatic N) is 4. The highest BCUT2D eigenvalue weighted by Crippen LogP contribution is 2.35. The van der Waals surface area contributed by atoms with E-state index in [1.807, 2.05) is 13.8 Å². The highest BCUT2D eigenvalue weighted by molar-refractivity contribution is 7.89. The number of rotatable bonds is 4. The van der Waals surface area contributed by atoms with Crippen molar-refractivity contribution < 1.29 is 18.0 Å². The van der Waals surface area contributed by atoms with Gasteiger partial charge in [-0.1, -0.05) is 30.6 Å². The van der Waals surface area contributed by atoms with E-state index in [9.17, 15) is 13.5 Å². The van der Waals surface area contributed by atoms with Crippen molar-refractivity contribution in [1.29, 1.82) is 0 Å². The number of aliphatic hydroxyl groups is 1. The van der Waals surface area contributed by atoms with Gasteiger partial charge in [-0.15, -0.1) is 0 Å². The number of pyridine rings is 1. The zero-order chi connectivity index (χ0) is 18.4. The number of hydrogen-bond donors (Lipinski definition) is 2. The standard InChI is InChI=1S/C14H18ClN5O4S/c1-8(2)12-18-13(24-19-12)14(21)3-4-20(7-14)25(22,23)10-5-9(15)6-17-11(10)16/h5-6,8,21H,3-4,7H2,1-2H3,(H2,16,17)/t14-/m0/s1. The fourth-order valence-corrected chi connectivity index (χ4v) is 4.38. The van der Waals surface area contributed by atoms with Crippen molar-refractivity contribution in [2.45, 2.75) is 36.7 Å². The average molecular weight is 388 g/mol. The Hall–Kier alpha value is -1.75. The third-order valence-corrected chi connectivity index (χ3v) is 6.12. The molecule has 0 saturated carbocycles. The van der Waals surface area contributed by atoms with Crippen LogP contribution in [0.2, 0.25) is 5.02 Å². The molecule has 0 unspecified atom stereocenters. The molecule has 0 spiro atoms. The summed E-state index contributed by atoms with van der Waals surface area (Å²) in [6.45, 7) is 3.63. The summed E-state index contributed by atoms with van der Waals surface area (Å²) >= 11 is 5.83. The summed E-state index contributed by atoms with van der Waals surface area (Å²) in [6, 6.07) is 1.24. The van der Waals surface area contributed by atoms with Gasteiger partial charge in [0, 0.05) is 25.1 Å². The molecule has 2 aromatic rings. The highest BCUT2D eigenvalue weighted by atomic mass is 35.5. The summed E-state index contributed by atoms with van der Waals surface area (Å²) in [5.41, 5.74) is 4.13. The van der Waals surface area contributed by atoms with Gasteiger partial charge in [-0.2, -0.15) is 9.29 Å². The Labute approximate surface area is 149 Å². The first-order valence-corrected chi connectivity index (χ1v) is 9.43. The number of sulfonamides is 1. The first-order valence-electron chi connectivity index (χ1n) is 7.61. The normalized spacial score (nSPS) is 22.0. The predicted molar refractivity (Wildman–Crippen MR) is 89.3 cm³/mol. The van der Waals surface area contributed by atoms with Gasteiger partial charge in [0.05, 0.1) is 11.6 Å². The second-order valence-corrected chi connectivity index (χ2v) is 8.61. The molecule has 0 aliphatic carbocycles. The maximum Gasteiger partial charge on any atom is 0.260 e. The maximum atomic E-state index is 12.8. The molecule has 3 N–H and O–H groups in total. The smallest absolute Gasteiger partial charge is 0.260 e. The molecule has 1 aliphatic heterocycles. The quantitative estimate of drug-likeness (QED) is 0.796. The number of halogens is 1. The van der Waals surface area contributed by atoms with Crippen LogP contribution in [0.4, 0.5) is 5.82 Å². The van der Waals surface area contributed by atoms with Crippen LogP contribution in [0, 0.1) is 0 Å². The van der Waals surface area contributed by atoms with Crippen LogP contribution in [0.1, 0.15) is 37.9 Å². The lowest BCUT2D eigenvalue weighted by molar-refractivity contribution is 0.0194. The third-order valence-electron chi connectivity index (χ3n) is 4.04. The Morgan fingerprint density at radius 2 is 2.20 bits per heavy atom. The van der Waals surface area contributed by atoms with Crippen LogP contribution in [0.3, 0.4) is 0 Å². The summed E-state index contributed by atoms with van der Waals surface area (Å²) in [6.07, 6.45) is 1.39. The number of nitrogen functional groups attached to an aromatic ring is 1. The lowest BCUT2D eigenvalue weighted by Crippen LogP contribution is -2.35. The average Bonchev–Trinajstić information content (AvgIpc) is 3.17. The Morgan fingerprint density at radius 3 is 2.84 bits per heavy atom. The SMILES string of the molecule is CC(C)c1noc([C@]2(O)CCN(S(=O)(=O)c3cc(Cl)cnc3N)C2)n1. The van der Waals surface area contributed by atoms with Gasteiger partial charge in [-0.25, -0.2) is 13.4 Å². The second kappa shape index (κ2) is 6.20. The number of aromatic nitrogens is 3. The number of nitrogens with two attached hydrogens (primary N) is 1. The van der Waals surface area contributed by atoms with E-state index >= 15 is 0 Å². The molecule has 0 bridgehead atoms. The van der Waals surface area contributed by atoms with E-state index in [4.69, 9.17) is 21.9 Å². The summed E-state index contributed by atoms with van der Waals surface area (Å²) in [7, 11) is -3.97. The van der Waals surface area contributed by atoms with Gasteiger partial charge in [-0.05, 0) is 6.07 Å². The van der Waals surface area contributed by atoms with E-state index in [-0.39, 0.29) is 47.1 Å². The van der Waals surface area contributed by atoms with Gasteiger partial charge in [-0.3, -0.25) is 0 Å². The minimum absolute atomic E-state index is 0.00564. The Bertz CT molecular complexity index is 900. The van der Waals surface area contributed by atoms with Crippen molar-refractivity contribution in [1.82, 2.24) is 19.4 Å². The van der Waals surface area contributed by atoms with Crippen LogP contribution in [-0.2, 0) is 15.6 Å². The van der Waals surface area contributed by atoms with E-state index in [0.29, 0.717) is 5.82 Å². The Morgan fingerprint density at radius 1 is 1.48 bits per heavy atom. The topological polar surface area (TPSA) is 135 Å². The van der Waals surface area contributed by atoms with Crippen molar-refractivity contribution in [2.75, 3.05) is 18.8 Å². The highest BCUT2D eigenvalue weighted by Gasteiger charge is 2.47. The lowest BCUT2D eigenvalue weighted by atomic mass is 10.0. The molecule has 25 heavy (non-hydrogen) atoms. The van der Waals surface area contributed by atoms with Crippen molar-refractivity contribution in [3.63, 3.8) is 0 Å². The molecule has 1 saturated heterocycles. The number of hydrogen-bond acceptors (Lipinski definition) is 8. The molecule has 2 aromatic heterocycles. The van der Waals surface area contributed by atoms with E-state index in [1.54, 1.807) is 0 Å². The minimum Gasteiger partial charge on any atom is -0.383 e. The van der Waals surface area contributed by atoms with Crippen LogP contribution in [0.5, 0.6) is 0 Å². The monoisotopic (exact) mass is 387 g/mol. The third kappa shape index (κ3) is 3.22. The Balaban J connectivity index is 1.89. The Kier molecular flexibility index (Phi) is 4.48. The van der Waals surface area contributed by atoms with Gasteiger partial charge in [0.2, 0.25) is 10.0 Å². The molecule has 3 rings (SSSR count). The van der Waals surface area contributed by atoms with Crippen LogP contribution >= 0.6 is 11.6 Å². The zero-order valence-electron chi connectivity index (χ0n) is 13.7. The largest absolute Gasteiger partial charge is 0.383 e. The van der Waals surface area contributed by atoms with E-state index in [1.165, 1.54) is 12.3 Å². The van der Waals surface area contributed by atoms with Crippen LogP contribution in [0.15, 0.2) is 21.7 Å². The molecule has 0 radical (unpaired) electrons. The van der Waals surface area contributed by atoms with Crippen molar-refractivity contribution in [3.8, 4) is 0 Å². The first-order chi connectivity index (χ1) is 11.6. The molecular weight excluding hydrogens is 370 g/mol. The van der Waals surface area contributed by atoms with Crippen LogP contribution in [-0.4, -0.2) is 46.0 Å². The van der Waals surface area contributed by atoms with Gasteiger partial charge < -0.3 is 15.4 Å². The molecule has 9 nitrogen and oxygen atoms in total. The zero-order valence-corrected chi connectivity index (χ0v) is 15.3. The van der Waals surface area contributed by atoms with Crippen molar-refractivity contribution in [3.05, 3.63) is 29.0 Å². The predicted octanol–water partition coefficient (Wildman–Crippen LogP) is 1.11. The van der Waals surface area contributed by atoms with Gasteiger partial charge in [0.15, 0.2) is 11.4 Å². The van der Waals surface area contributed by atoms with Crippen molar-refractivity contribution in [2.24, 2.45) is 0 Å². The number of β-amino-alcohol motifs (C(OH)–C–C–N with tert-alkyl or cyclic N) is 1. The molecule has 11 heteroatoms. The maximum absolute atomic E-state index is 12.8.